The standard InChI is InChI=1S/C26H18ClF2N3O4/c27-19-10-11-20(28)23(24(19)29)17-13-22(33)32(30-14-17)21(12-15-4-2-1-3-5-15)25(34)31-18-8-6-16(7-9-18)26(35)36/h1-11,13-14,21H,12H2,(H,31,34)(H,35,36)/t21-/m0/s1. The van der Waals surface area contributed by atoms with E-state index in [2.05, 4.69) is 10.4 Å². The van der Waals surface area contributed by atoms with Crippen LogP contribution in [0.3, 0.4) is 0 Å². The Labute approximate surface area is 208 Å². The molecule has 0 saturated heterocycles. The van der Waals surface area contributed by atoms with Crippen LogP contribution < -0.4 is 10.9 Å². The number of carbonyl (C=O) groups excluding carboxylic acids is 1. The lowest BCUT2D eigenvalue weighted by atomic mass is 10.0. The number of rotatable bonds is 7. The Balaban J connectivity index is 1.70. The van der Waals surface area contributed by atoms with Crippen LogP contribution in [0.25, 0.3) is 11.1 Å². The lowest BCUT2D eigenvalue weighted by Crippen LogP contribution is -2.36. The number of aromatic nitrogens is 2. The van der Waals surface area contributed by atoms with Gasteiger partial charge in [0.15, 0.2) is 5.82 Å². The van der Waals surface area contributed by atoms with E-state index in [1.165, 1.54) is 24.3 Å². The van der Waals surface area contributed by atoms with Crippen molar-refractivity contribution >= 4 is 29.2 Å². The molecule has 1 aromatic heterocycles. The largest absolute Gasteiger partial charge is 0.478 e. The van der Waals surface area contributed by atoms with Crippen molar-refractivity contribution in [3.05, 3.63) is 117 Å². The molecule has 1 heterocycles. The second-order valence-corrected chi connectivity index (χ2v) is 8.23. The van der Waals surface area contributed by atoms with Gasteiger partial charge in [0.2, 0.25) is 5.91 Å². The first kappa shape index (κ1) is 24.7. The van der Waals surface area contributed by atoms with E-state index in [4.69, 9.17) is 16.7 Å². The summed E-state index contributed by atoms with van der Waals surface area (Å²) in [6.07, 6.45) is 1.18. The van der Waals surface area contributed by atoms with Crippen molar-refractivity contribution < 1.29 is 23.5 Å². The number of hydrogen-bond acceptors (Lipinski definition) is 4. The van der Waals surface area contributed by atoms with E-state index in [9.17, 15) is 23.2 Å². The van der Waals surface area contributed by atoms with Crippen LogP contribution in [0.4, 0.5) is 14.5 Å². The molecule has 7 nitrogen and oxygen atoms in total. The first-order valence-electron chi connectivity index (χ1n) is 10.7. The number of nitrogens with zero attached hydrogens (tertiary/aromatic N) is 2. The SMILES string of the molecule is O=C(O)c1ccc(NC(=O)[C@H](Cc2ccccc2)n2ncc(-c3c(F)ccc(Cl)c3F)cc2=O)cc1. The van der Waals surface area contributed by atoms with Crippen LogP contribution in [0.15, 0.2) is 83.8 Å². The van der Waals surface area contributed by atoms with Crippen molar-refractivity contribution in [3.63, 3.8) is 0 Å². The molecule has 0 unspecified atom stereocenters. The van der Waals surface area contributed by atoms with Crippen LogP contribution in [0, 0.1) is 11.6 Å². The van der Waals surface area contributed by atoms with E-state index in [0.717, 1.165) is 34.6 Å². The van der Waals surface area contributed by atoms with Crippen molar-refractivity contribution in [1.29, 1.82) is 0 Å². The Bertz CT molecular complexity index is 1490. The van der Waals surface area contributed by atoms with Gasteiger partial charge >= 0.3 is 5.97 Å². The molecule has 3 aromatic carbocycles. The molecule has 0 bridgehead atoms. The molecule has 10 heteroatoms. The minimum atomic E-state index is -1.12. The number of carbonyl (C=O) groups is 2. The average Bonchev–Trinajstić information content (AvgIpc) is 2.86. The first-order chi connectivity index (χ1) is 17.2. The molecule has 0 aliphatic carbocycles. The summed E-state index contributed by atoms with van der Waals surface area (Å²) in [6.45, 7) is 0. The van der Waals surface area contributed by atoms with Crippen molar-refractivity contribution in [2.75, 3.05) is 5.32 Å². The normalized spacial score (nSPS) is 11.6. The summed E-state index contributed by atoms with van der Waals surface area (Å²) in [5.74, 6) is -3.65. The van der Waals surface area contributed by atoms with Gasteiger partial charge in [-0.3, -0.25) is 9.59 Å². The molecule has 1 amide bonds. The minimum Gasteiger partial charge on any atom is -0.478 e. The van der Waals surface area contributed by atoms with E-state index in [-0.39, 0.29) is 22.6 Å². The van der Waals surface area contributed by atoms with Gasteiger partial charge in [-0.25, -0.2) is 18.3 Å². The third kappa shape index (κ3) is 5.31. The van der Waals surface area contributed by atoms with Crippen molar-refractivity contribution in [2.45, 2.75) is 12.5 Å². The van der Waals surface area contributed by atoms with Crippen molar-refractivity contribution in [2.24, 2.45) is 0 Å². The average molecular weight is 510 g/mol. The maximum absolute atomic E-state index is 14.5. The van der Waals surface area contributed by atoms with Gasteiger partial charge in [0.1, 0.15) is 11.9 Å². The van der Waals surface area contributed by atoms with Gasteiger partial charge in [-0.1, -0.05) is 41.9 Å². The molecule has 1 atom stereocenters. The number of nitrogens with one attached hydrogen (secondary N) is 1. The Morgan fingerprint density at radius 1 is 1.03 bits per heavy atom. The van der Waals surface area contributed by atoms with Gasteiger partial charge in [-0.05, 0) is 42.0 Å². The highest BCUT2D eigenvalue weighted by molar-refractivity contribution is 6.31. The third-order valence-electron chi connectivity index (χ3n) is 5.43. The molecular formula is C26H18ClF2N3O4. The fourth-order valence-corrected chi connectivity index (χ4v) is 3.79. The molecule has 4 aromatic rings. The number of hydrogen-bond donors (Lipinski definition) is 2. The maximum Gasteiger partial charge on any atom is 0.335 e. The predicted molar refractivity (Wildman–Crippen MR) is 130 cm³/mol. The lowest BCUT2D eigenvalue weighted by molar-refractivity contribution is -0.119. The summed E-state index contributed by atoms with van der Waals surface area (Å²) in [7, 11) is 0. The van der Waals surface area contributed by atoms with E-state index >= 15 is 0 Å². The zero-order valence-corrected chi connectivity index (χ0v) is 19.2. The van der Waals surface area contributed by atoms with Gasteiger partial charge in [-0.15, -0.1) is 0 Å². The third-order valence-corrected chi connectivity index (χ3v) is 5.72. The van der Waals surface area contributed by atoms with Crippen LogP contribution in [0.2, 0.25) is 5.02 Å². The molecule has 0 aliphatic heterocycles. The molecule has 4 rings (SSSR count). The lowest BCUT2D eigenvalue weighted by Gasteiger charge is -2.19. The first-order valence-corrected chi connectivity index (χ1v) is 11.0. The Kier molecular flexibility index (Phi) is 7.21. The van der Waals surface area contributed by atoms with Crippen LogP contribution in [0.1, 0.15) is 22.0 Å². The number of amides is 1. The van der Waals surface area contributed by atoms with E-state index in [1.54, 1.807) is 30.3 Å². The highest BCUT2D eigenvalue weighted by Gasteiger charge is 2.25. The number of carboxylic acid groups (broad SMARTS) is 1. The zero-order chi connectivity index (χ0) is 25.8. The zero-order valence-electron chi connectivity index (χ0n) is 18.5. The Hall–Kier alpha value is -4.37. The molecule has 182 valence electrons. The summed E-state index contributed by atoms with van der Waals surface area (Å²) in [5.41, 5.74) is -0.288. The predicted octanol–water partition coefficient (Wildman–Crippen LogP) is 4.96. The monoisotopic (exact) mass is 509 g/mol. The Morgan fingerprint density at radius 2 is 1.72 bits per heavy atom. The second kappa shape index (κ2) is 10.5. The minimum absolute atomic E-state index is 0.0442. The highest BCUT2D eigenvalue weighted by Crippen LogP contribution is 2.29. The second-order valence-electron chi connectivity index (χ2n) is 7.82. The molecular weight excluding hydrogens is 492 g/mol. The van der Waals surface area contributed by atoms with Crippen LogP contribution in [-0.4, -0.2) is 26.8 Å². The quantitative estimate of drug-likeness (QED) is 0.343. The van der Waals surface area contributed by atoms with E-state index < -0.39 is 40.7 Å². The summed E-state index contributed by atoms with van der Waals surface area (Å²) in [4.78, 5) is 37.3. The Morgan fingerprint density at radius 3 is 2.36 bits per heavy atom. The summed E-state index contributed by atoms with van der Waals surface area (Å²) >= 11 is 5.76. The number of halogens is 3. The number of benzene rings is 3. The van der Waals surface area contributed by atoms with Gasteiger partial charge in [-0.2, -0.15) is 5.10 Å². The van der Waals surface area contributed by atoms with Gasteiger partial charge in [0.25, 0.3) is 5.56 Å². The smallest absolute Gasteiger partial charge is 0.335 e. The summed E-state index contributed by atoms with van der Waals surface area (Å²) in [6, 6.07) is 16.3. The molecule has 0 radical (unpaired) electrons. The molecule has 2 N–H and O–H groups in total. The van der Waals surface area contributed by atoms with Crippen molar-refractivity contribution in [3.8, 4) is 11.1 Å². The maximum atomic E-state index is 14.5. The molecule has 0 fully saturated rings. The van der Waals surface area contributed by atoms with Gasteiger partial charge in [0, 0.05) is 23.7 Å². The highest BCUT2D eigenvalue weighted by atomic mass is 35.5. The van der Waals surface area contributed by atoms with Crippen LogP contribution in [-0.2, 0) is 11.2 Å². The number of aromatic carboxylic acids is 1. The van der Waals surface area contributed by atoms with Gasteiger partial charge in [0.05, 0.1) is 22.3 Å². The van der Waals surface area contributed by atoms with Crippen LogP contribution in [0.5, 0.6) is 0 Å². The fraction of sp³-hybridized carbons (Fsp3) is 0.0769. The summed E-state index contributed by atoms with van der Waals surface area (Å²) in [5, 5.41) is 15.5. The molecule has 36 heavy (non-hydrogen) atoms. The summed E-state index contributed by atoms with van der Waals surface area (Å²) < 4.78 is 29.7. The number of anilines is 1. The van der Waals surface area contributed by atoms with Crippen molar-refractivity contribution in [1.82, 2.24) is 9.78 Å². The topological polar surface area (TPSA) is 101 Å². The van der Waals surface area contributed by atoms with Crippen LogP contribution >= 0.6 is 11.6 Å². The fourth-order valence-electron chi connectivity index (χ4n) is 3.63. The molecule has 0 saturated carbocycles. The molecule has 0 aliphatic rings. The van der Waals surface area contributed by atoms with E-state index in [1.807, 2.05) is 0 Å². The molecule has 0 spiro atoms. The van der Waals surface area contributed by atoms with Gasteiger partial charge < -0.3 is 10.4 Å². The van der Waals surface area contributed by atoms with E-state index in [0.29, 0.717) is 5.69 Å². The number of carboxylic acids is 1.